The summed E-state index contributed by atoms with van der Waals surface area (Å²) in [6.07, 6.45) is 0. The van der Waals surface area contributed by atoms with E-state index in [1.165, 1.54) is 17.4 Å². The Bertz CT molecular complexity index is 502. The quantitative estimate of drug-likeness (QED) is 0.846. The summed E-state index contributed by atoms with van der Waals surface area (Å²) < 4.78 is 13.7. The third kappa shape index (κ3) is 1.77. The Morgan fingerprint density at radius 2 is 1.94 bits per heavy atom. The van der Waals surface area contributed by atoms with Gasteiger partial charge < -0.3 is 5.11 Å². The molecule has 0 aliphatic rings. The second-order valence-corrected chi connectivity index (χ2v) is 4.90. The van der Waals surface area contributed by atoms with E-state index < -0.39 is 5.60 Å². The average Bonchev–Trinajstić information content (AvgIpc) is 2.65. The summed E-state index contributed by atoms with van der Waals surface area (Å²) in [5, 5.41) is 12.4. The van der Waals surface area contributed by atoms with Crippen molar-refractivity contribution in [3.8, 4) is 0 Å². The Morgan fingerprint density at radius 3 is 2.50 bits per heavy atom. The summed E-state index contributed by atoms with van der Waals surface area (Å²) in [6.45, 7) is 3.55. The number of benzene rings is 1. The van der Waals surface area contributed by atoms with E-state index >= 15 is 0 Å². The molecule has 0 bridgehead atoms. The second-order valence-electron chi connectivity index (χ2n) is 3.98. The molecule has 1 nitrogen and oxygen atoms in total. The van der Waals surface area contributed by atoms with Crippen molar-refractivity contribution in [2.45, 2.75) is 19.4 Å². The second kappa shape index (κ2) is 4.00. The van der Waals surface area contributed by atoms with Crippen LogP contribution in [0, 0.1) is 12.7 Å². The Morgan fingerprint density at radius 1 is 1.25 bits per heavy atom. The number of hydrogen-bond donors (Lipinski definition) is 1. The van der Waals surface area contributed by atoms with Crippen LogP contribution in [0.4, 0.5) is 4.39 Å². The van der Waals surface area contributed by atoms with Crippen LogP contribution in [0.25, 0.3) is 0 Å². The van der Waals surface area contributed by atoms with Crippen molar-refractivity contribution in [2.75, 3.05) is 0 Å². The maximum atomic E-state index is 13.7. The lowest BCUT2D eigenvalue weighted by Gasteiger charge is -2.24. The van der Waals surface area contributed by atoms with Crippen molar-refractivity contribution in [3.05, 3.63) is 57.5 Å². The molecule has 1 heterocycles. The van der Waals surface area contributed by atoms with Crippen LogP contribution in [0.5, 0.6) is 0 Å². The first-order valence-corrected chi connectivity index (χ1v) is 5.93. The van der Waals surface area contributed by atoms with E-state index in [2.05, 4.69) is 0 Å². The number of halogens is 1. The predicted molar refractivity (Wildman–Crippen MR) is 64.1 cm³/mol. The molecule has 0 radical (unpaired) electrons. The highest BCUT2D eigenvalue weighted by Crippen LogP contribution is 2.35. The molecule has 16 heavy (non-hydrogen) atoms. The molecule has 1 atom stereocenters. The fourth-order valence-electron chi connectivity index (χ4n) is 1.85. The summed E-state index contributed by atoms with van der Waals surface area (Å²) in [7, 11) is 0. The van der Waals surface area contributed by atoms with Crippen LogP contribution < -0.4 is 0 Å². The van der Waals surface area contributed by atoms with Crippen molar-refractivity contribution in [1.29, 1.82) is 0 Å². The lowest BCUT2D eigenvalue weighted by atomic mass is 9.92. The Hall–Kier alpha value is -1.19. The maximum absolute atomic E-state index is 13.7. The SMILES string of the molecule is Cc1ccsc1C(C)(O)c1ccccc1F. The molecule has 2 aromatic rings. The van der Waals surface area contributed by atoms with Gasteiger partial charge in [0.25, 0.3) is 0 Å². The first kappa shape index (κ1) is 11.3. The molecule has 1 aromatic heterocycles. The Balaban J connectivity index is 2.55. The van der Waals surface area contributed by atoms with Gasteiger partial charge in [-0.2, -0.15) is 0 Å². The third-order valence-corrected chi connectivity index (χ3v) is 3.93. The smallest absolute Gasteiger partial charge is 0.129 e. The fraction of sp³-hybridized carbons (Fsp3) is 0.231. The molecule has 1 aromatic carbocycles. The molecular formula is C13H13FOS. The van der Waals surface area contributed by atoms with Crippen LogP contribution in [0.2, 0.25) is 0 Å². The van der Waals surface area contributed by atoms with Gasteiger partial charge in [-0.05, 0) is 36.9 Å². The van der Waals surface area contributed by atoms with Crippen molar-refractivity contribution in [3.63, 3.8) is 0 Å². The van der Waals surface area contributed by atoms with E-state index in [1.807, 2.05) is 18.4 Å². The van der Waals surface area contributed by atoms with Gasteiger partial charge in [-0.15, -0.1) is 11.3 Å². The van der Waals surface area contributed by atoms with Gasteiger partial charge in [-0.1, -0.05) is 18.2 Å². The van der Waals surface area contributed by atoms with E-state index in [4.69, 9.17) is 0 Å². The number of aryl methyl sites for hydroxylation is 1. The van der Waals surface area contributed by atoms with E-state index in [-0.39, 0.29) is 5.82 Å². The fourth-order valence-corrected chi connectivity index (χ4v) is 2.85. The van der Waals surface area contributed by atoms with E-state index in [1.54, 1.807) is 25.1 Å². The molecule has 0 saturated heterocycles. The van der Waals surface area contributed by atoms with Crippen LogP contribution in [0.1, 0.15) is 22.9 Å². The highest BCUT2D eigenvalue weighted by atomic mass is 32.1. The summed E-state index contributed by atoms with van der Waals surface area (Å²) in [5.74, 6) is -0.375. The largest absolute Gasteiger partial charge is 0.380 e. The van der Waals surface area contributed by atoms with Crippen LogP contribution in [0.15, 0.2) is 35.7 Å². The van der Waals surface area contributed by atoms with Gasteiger partial charge in [-0.25, -0.2) is 4.39 Å². The summed E-state index contributed by atoms with van der Waals surface area (Å²) in [4.78, 5) is 0.789. The summed E-state index contributed by atoms with van der Waals surface area (Å²) >= 11 is 1.44. The highest BCUT2D eigenvalue weighted by molar-refractivity contribution is 7.10. The molecule has 0 amide bonds. The molecule has 84 valence electrons. The van der Waals surface area contributed by atoms with Crippen LogP contribution in [-0.4, -0.2) is 5.11 Å². The molecule has 2 rings (SSSR count). The van der Waals surface area contributed by atoms with E-state index in [0.717, 1.165) is 10.4 Å². The third-order valence-electron chi connectivity index (χ3n) is 2.70. The molecule has 3 heteroatoms. The lowest BCUT2D eigenvalue weighted by Crippen LogP contribution is -2.23. The number of rotatable bonds is 2. The van der Waals surface area contributed by atoms with Gasteiger partial charge >= 0.3 is 0 Å². The van der Waals surface area contributed by atoms with Gasteiger partial charge in [0.15, 0.2) is 0 Å². The molecular weight excluding hydrogens is 223 g/mol. The van der Waals surface area contributed by atoms with Crippen LogP contribution >= 0.6 is 11.3 Å². The van der Waals surface area contributed by atoms with Gasteiger partial charge in [0.2, 0.25) is 0 Å². The first-order valence-electron chi connectivity index (χ1n) is 5.05. The minimum atomic E-state index is -1.26. The van der Waals surface area contributed by atoms with Crippen molar-refractivity contribution >= 4 is 11.3 Å². The van der Waals surface area contributed by atoms with Gasteiger partial charge in [0.05, 0.1) is 0 Å². The van der Waals surface area contributed by atoms with Crippen molar-refractivity contribution < 1.29 is 9.50 Å². The average molecular weight is 236 g/mol. The summed E-state index contributed by atoms with van der Waals surface area (Å²) in [6, 6.07) is 8.27. The van der Waals surface area contributed by atoms with Gasteiger partial charge in [0, 0.05) is 10.4 Å². The normalized spacial score (nSPS) is 14.8. The summed E-state index contributed by atoms with van der Waals surface area (Å²) in [5.41, 5.74) is 0.0441. The van der Waals surface area contributed by atoms with Gasteiger partial charge in [-0.3, -0.25) is 0 Å². The van der Waals surface area contributed by atoms with Gasteiger partial charge in [0.1, 0.15) is 11.4 Å². The van der Waals surface area contributed by atoms with Crippen molar-refractivity contribution in [2.24, 2.45) is 0 Å². The zero-order valence-electron chi connectivity index (χ0n) is 9.20. The minimum Gasteiger partial charge on any atom is -0.380 e. The van der Waals surface area contributed by atoms with E-state index in [9.17, 15) is 9.50 Å². The van der Waals surface area contributed by atoms with Crippen LogP contribution in [-0.2, 0) is 5.60 Å². The molecule has 0 aliphatic heterocycles. The molecule has 0 fully saturated rings. The Labute approximate surface area is 98.2 Å². The van der Waals surface area contributed by atoms with Crippen molar-refractivity contribution in [1.82, 2.24) is 0 Å². The molecule has 0 aliphatic carbocycles. The molecule has 1 unspecified atom stereocenters. The molecule has 0 saturated carbocycles. The monoisotopic (exact) mass is 236 g/mol. The highest BCUT2D eigenvalue weighted by Gasteiger charge is 2.30. The molecule has 1 N–H and O–H groups in total. The first-order chi connectivity index (χ1) is 7.53. The standard InChI is InChI=1S/C13H13FOS/c1-9-7-8-16-12(9)13(2,15)10-5-3-4-6-11(10)14/h3-8,15H,1-2H3. The molecule has 0 spiro atoms. The zero-order valence-corrected chi connectivity index (χ0v) is 10.0. The lowest BCUT2D eigenvalue weighted by molar-refractivity contribution is 0.101. The Kier molecular flexibility index (Phi) is 2.82. The zero-order chi connectivity index (χ0) is 11.8. The van der Waals surface area contributed by atoms with E-state index in [0.29, 0.717) is 5.56 Å². The number of aliphatic hydroxyl groups is 1. The maximum Gasteiger partial charge on any atom is 0.129 e. The van der Waals surface area contributed by atoms with Crippen LogP contribution in [0.3, 0.4) is 0 Å². The number of hydrogen-bond acceptors (Lipinski definition) is 2. The predicted octanol–water partition coefficient (Wildman–Crippen LogP) is 3.45. The number of thiophene rings is 1. The topological polar surface area (TPSA) is 20.2 Å². The minimum absolute atomic E-state index is 0.320.